The number of phenols is 1. The summed E-state index contributed by atoms with van der Waals surface area (Å²) in [4.78, 5) is 15.2. The van der Waals surface area contributed by atoms with Crippen LogP contribution in [-0.2, 0) is 18.3 Å². The molecule has 1 aromatic carbocycles. The molecule has 7 heteroatoms. The normalized spacial score (nSPS) is 11.1. The Morgan fingerprint density at radius 1 is 1.18 bits per heavy atom. The predicted octanol–water partition coefficient (Wildman–Crippen LogP) is 5.65. The van der Waals surface area contributed by atoms with Crippen molar-refractivity contribution < 1.29 is 14.6 Å². The molecule has 5 nitrogen and oxygen atoms in total. The first-order valence-corrected chi connectivity index (χ1v) is 10.6. The molecule has 0 spiro atoms. The van der Waals surface area contributed by atoms with Gasteiger partial charge in [-0.2, -0.15) is 0 Å². The van der Waals surface area contributed by atoms with E-state index < -0.39 is 0 Å². The number of ether oxygens (including phenoxy) is 1. The lowest BCUT2D eigenvalue weighted by molar-refractivity contribution is 0.0525. The summed E-state index contributed by atoms with van der Waals surface area (Å²) < 4.78 is 8.01. The van der Waals surface area contributed by atoms with Gasteiger partial charge in [-0.1, -0.05) is 26.7 Å². The number of aromatic nitrogens is 1. The van der Waals surface area contributed by atoms with Crippen molar-refractivity contribution in [2.45, 2.75) is 53.0 Å². The molecule has 1 N–H and O–H groups in total. The van der Waals surface area contributed by atoms with Gasteiger partial charge in [-0.05, 0) is 60.9 Å². The smallest absolute Gasteiger partial charge is 0.340 e. The van der Waals surface area contributed by atoms with Crippen molar-refractivity contribution in [3.8, 4) is 5.75 Å². The van der Waals surface area contributed by atoms with Gasteiger partial charge < -0.3 is 14.4 Å². The number of phenolic OH excluding ortho intramolecular Hbond substituents is 1. The number of unbranched alkanes of at least 4 members (excludes halogenated alkanes) is 2. The number of hydrogen-bond acceptors (Lipinski definition) is 4. The van der Waals surface area contributed by atoms with Crippen LogP contribution in [0.25, 0.3) is 10.9 Å². The van der Waals surface area contributed by atoms with Crippen molar-refractivity contribution >= 4 is 45.2 Å². The molecule has 2 aromatic rings. The van der Waals surface area contributed by atoms with E-state index in [1.807, 2.05) is 20.0 Å². The quantitative estimate of drug-likeness (QED) is 0.451. The van der Waals surface area contributed by atoms with E-state index in [2.05, 4.69) is 39.2 Å². The number of aromatic hydroxyl groups is 1. The molecule has 158 valence electrons. The second-order valence-electron chi connectivity index (χ2n) is 6.91. The minimum absolute atomic E-state index is 0. The van der Waals surface area contributed by atoms with Gasteiger partial charge >= 0.3 is 5.97 Å². The number of esters is 1. The van der Waals surface area contributed by atoms with Crippen molar-refractivity contribution in [2.24, 2.45) is 7.05 Å². The van der Waals surface area contributed by atoms with Gasteiger partial charge in [-0.25, -0.2) is 4.79 Å². The third-order valence-electron chi connectivity index (χ3n) is 4.90. The third-order valence-corrected chi connectivity index (χ3v) is 5.53. The molecule has 0 saturated heterocycles. The highest BCUT2D eigenvalue weighted by Gasteiger charge is 2.24. The number of nitrogens with zero attached hydrogens (tertiary/aromatic N) is 2. The van der Waals surface area contributed by atoms with Crippen LogP contribution in [0.15, 0.2) is 16.6 Å². The molecule has 0 bridgehead atoms. The Hall–Kier alpha value is -1.24. The number of fused-ring (bicyclic) bond motifs is 1. The summed E-state index contributed by atoms with van der Waals surface area (Å²) in [7, 11) is 1.97. The van der Waals surface area contributed by atoms with Crippen molar-refractivity contribution in [2.75, 3.05) is 19.7 Å². The Morgan fingerprint density at radius 3 is 2.32 bits per heavy atom. The SMILES string of the molecule is CCCCN(CCCC)Cc1c(C(=O)OCC)c2cc(O)c(Br)cc2n1C.Cl. The van der Waals surface area contributed by atoms with Crippen LogP contribution < -0.4 is 0 Å². The van der Waals surface area contributed by atoms with E-state index in [9.17, 15) is 9.90 Å². The van der Waals surface area contributed by atoms with Crippen LogP contribution in [-0.4, -0.2) is 40.2 Å². The van der Waals surface area contributed by atoms with E-state index >= 15 is 0 Å². The monoisotopic (exact) mass is 474 g/mol. The number of rotatable bonds is 10. The van der Waals surface area contributed by atoms with Crippen LogP contribution in [0.1, 0.15) is 62.5 Å². The van der Waals surface area contributed by atoms with Gasteiger partial charge in [0.1, 0.15) is 5.75 Å². The van der Waals surface area contributed by atoms with Gasteiger partial charge in [-0.3, -0.25) is 4.90 Å². The molecule has 0 atom stereocenters. The molecule has 0 fully saturated rings. The van der Waals surface area contributed by atoms with Crippen LogP contribution in [0.3, 0.4) is 0 Å². The zero-order chi connectivity index (χ0) is 20.0. The van der Waals surface area contributed by atoms with Crippen LogP contribution in [0, 0.1) is 0 Å². The molecule has 0 aliphatic rings. The topological polar surface area (TPSA) is 54.7 Å². The predicted molar refractivity (Wildman–Crippen MR) is 121 cm³/mol. The first kappa shape index (κ1) is 24.8. The second-order valence-corrected chi connectivity index (χ2v) is 7.76. The van der Waals surface area contributed by atoms with E-state index in [4.69, 9.17) is 4.74 Å². The molecule has 0 aliphatic carbocycles. The Balaban J connectivity index is 0.00000392. The van der Waals surface area contributed by atoms with Crippen LogP contribution in [0.2, 0.25) is 0 Å². The lowest BCUT2D eigenvalue weighted by atomic mass is 10.1. The zero-order valence-electron chi connectivity index (χ0n) is 17.3. The fourth-order valence-electron chi connectivity index (χ4n) is 3.36. The maximum absolute atomic E-state index is 12.8. The third kappa shape index (κ3) is 5.65. The summed E-state index contributed by atoms with van der Waals surface area (Å²) >= 11 is 3.38. The fraction of sp³-hybridized carbons (Fsp3) is 0.571. The summed E-state index contributed by atoms with van der Waals surface area (Å²) in [6.07, 6.45) is 4.55. The molecule has 0 unspecified atom stereocenters. The minimum atomic E-state index is -0.328. The second kappa shape index (κ2) is 11.7. The molecule has 1 heterocycles. The maximum Gasteiger partial charge on any atom is 0.340 e. The lowest BCUT2D eigenvalue weighted by Gasteiger charge is -2.23. The van der Waals surface area contributed by atoms with Crippen LogP contribution >= 0.6 is 28.3 Å². The number of aryl methyl sites for hydroxylation is 1. The molecule has 0 saturated carbocycles. The number of carbonyl (C=O) groups excluding carboxylic acids is 1. The Morgan fingerprint density at radius 2 is 1.79 bits per heavy atom. The van der Waals surface area contributed by atoms with Gasteiger partial charge in [0, 0.05) is 24.7 Å². The molecule has 28 heavy (non-hydrogen) atoms. The Bertz CT molecular complexity index is 784. The van der Waals surface area contributed by atoms with Crippen LogP contribution in [0.4, 0.5) is 0 Å². The van der Waals surface area contributed by atoms with Crippen LogP contribution in [0.5, 0.6) is 5.75 Å². The Kier molecular flexibility index (Phi) is 10.4. The molecule has 0 aliphatic heterocycles. The average Bonchev–Trinajstić information content (AvgIpc) is 2.89. The summed E-state index contributed by atoms with van der Waals surface area (Å²) in [5, 5.41) is 10.9. The number of benzene rings is 1. The van der Waals surface area contributed by atoms with Crippen molar-refractivity contribution in [3.63, 3.8) is 0 Å². The highest BCUT2D eigenvalue weighted by molar-refractivity contribution is 9.10. The standard InChI is InChI=1S/C21H31BrN2O3.ClH/c1-5-8-10-24(11-9-6-2)14-18-20(21(26)27-7-3)15-12-19(25)16(22)13-17(15)23(18)4;/h12-13,25H,5-11,14H2,1-4H3;1H. The Labute approximate surface area is 182 Å². The van der Waals surface area contributed by atoms with E-state index in [1.54, 1.807) is 6.07 Å². The van der Waals surface area contributed by atoms with Gasteiger partial charge in [0.2, 0.25) is 0 Å². The van der Waals surface area contributed by atoms with E-state index in [1.165, 1.54) is 0 Å². The van der Waals surface area contributed by atoms with E-state index in [-0.39, 0.29) is 24.1 Å². The molecular weight excluding hydrogens is 444 g/mol. The molecule has 1 aromatic heterocycles. The molecule has 0 radical (unpaired) electrons. The highest BCUT2D eigenvalue weighted by atomic mass is 79.9. The first-order chi connectivity index (χ1) is 12.9. The van der Waals surface area contributed by atoms with Gasteiger partial charge in [0.05, 0.1) is 22.2 Å². The number of carbonyl (C=O) groups is 1. The van der Waals surface area contributed by atoms with Gasteiger partial charge in [0.15, 0.2) is 0 Å². The zero-order valence-corrected chi connectivity index (χ0v) is 19.7. The number of halogens is 2. The van der Waals surface area contributed by atoms with Gasteiger partial charge in [0.25, 0.3) is 0 Å². The summed E-state index contributed by atoms with van der Waals surface area (Å²) in [6.45, 7) is 9.23. The molecule has 0 amide bonds. The maximum atomic E-state index is 12.8. The number of hydrogen-bond donors (Lipinski definition) is 1. The average molecular weight is 476 g/mol. The largest absolute Gasteiger partial charge is 0.507 e. The van der Waals surface area contributed by atoms with E-state index in [0.29, 0.717) is 23.2 Å². The molecule has 2 rings (SSSR count). The van der Waals surface area contributed by atoms with Crippen molar-refractivity contribution in [1.29, 1.82) is 0 Å². The minimum Gasteiger partial charge on any atom is -0.507 e. The summed E-state index contributed by atoms with van der Waals surface area (Å²) in [5.41, 5.74) is 2.41. The summed E-state index contributed by atoms with van der Waals surface area (Å²) in [5.74, 6) is -0.204. The summed E-state index contributed by atoms with van der Waals surface area (Å²) in [6, 6.07) is 3.51. The van der Waals surface area contributed by atoms with E-state index in [0.717, 1.165) is 55.4 Å². The van der Waals surface area contributed by atoms with Crippen molar-refractivity contribution in [1.82, 2.24) is 9.47 Å². The lowest BCUT2D eigenvalue weighted by Crippen LogP contribution is -2.27. The van der Waals surface area contributed by atoms with Crippen molar-refractivity contribution in [3.05, 3.63) is 27.9 Å². The highest BCUT2D eigenvalue weighted by Crippen LogP contribution is 2.35. The first-order valence-electron chi connectivity index (χ1n) is 9.83. The molecular formula is C21H32BrClN2O3. The fourth-order valence-corrected chi connectivity index (χ4v) is 3.69. The van der Waals surface area contributed by atoms with Gasteiger partial charge in [-0.15, -0.1) is 12.4 Å².